The lowest BCUT2D eigenvalue weighted by molar-refractivity contribution is -0.151. The fourth-order valence-corrected chi connectivity index (χ4v) is 0.971. The number of rotatable bonds is 5. The molecule has 0 atom stereocenters. The largest absolute Gasteiger partial charge is 0.456 e. The van der Waals surface area contributed by atoms with E-state index in [1.54, 1.807) is 0 Å². The molecule has 0 saturated heterocycles. The van der Waals surface area contributed by atoms with Gasteiger partial charge < -0.3 is 4.74 Å². The van der Waals surface area contributed by atoms with Crippen LogP contribution in [0.3, 0.4) is 0 Å². The molecule has 1 amide bonds. The number of carbonyl (C=O) groups is 2. The van der Waals surface area contributed by atoms with Crippen LogP contribution in [0.4, 0.5) is 0 Å². The summed E-state index contributed by atoms with van der Waals surface area (Å²) in [6, 6.07) is 9.39. The Labute approximate surface area is 93.3 Å². The standard InChI is InChI=1S/C11H13NO4/c1-9(13)15-8-11(14)12-16-7-10-5-3-2-4-6-10/h2-6H,7-8H2,1H3,(H,12,14). The molecule has 5 nitrogen and oxygen atoms in total. The molecule has 86 valence electrons. The average Bonchev–Trinajstić information content (AvgIpc) is 2.28. The zero-order chi connectivity index (χ0) is 11.8. The number of hydrogen-bond acceptors (Lipinski definition) is 4. The van der Waals surface area contributed by atoms with Gasteiger partial charge in [0.25, 0.3) is 5.91 Å². The van der Waals surface area contributed by atoms with E-state index in [1.165, 1.54) is 6.92 Å². The smallest absolute Gasteiger partial charge is 0.303 e. The summed E-state index contributed by atoms with van der Waals surface area (Å²) in [6.07, 6.45) is 0. The number of amides is 1. The van der Waals surface area contributed by atoms with Crippen LogP contribution in [0.15, 0.2) is 30.3 Å². The minimum atomic E-state index is -0.502. The van der Waals surface area contributed by atoms with Gasteiger partial charge in [-0.2, -0.15) is 0 Å². The van der Waals surface area contributed by atoms with Gasteiger partial charge in [0.05, 0.1) is 6.61 Å². The first-order valence-corrected chi connectivity index (χ1v) is 4.76. The Morgan fingerprint density at radius 3 is 2.56 bits per heavy atom. The Balaban J connectivity index is 2.16. The van der Waals surface area contributed by atoms with Crippen LogP contribution in [0.1, 0.15) is 12.5 Å². The minimum absolute atomic E-state index is 0.270. The number of hydroxylamine groups is 1. The third kappa shape index (κ3) is 5.11. The molecule has 0 aliphatic carbocycles. The van der Waals surface area contributed by atoms with Gasteiger partial charge in [0.1, 0.15) is 0 Å². The van der Waals surface area contributed by atoms with Crippen molar-refractivity contribution in [2.24, 2.45) is 0 Å². The maximum absolute atomic E-state index is 11.0. The Morgan fingerprint density at radius 2 is 1.94 bits per heavy atom. The van der Waals surface area contributed by atoms with E-state index in [2.05, 4.69) is 10.2 Å². The monoisotopic (exact) mass is 223 g/mol. The van der Waals surface area contributed by atoms with Crippen molar-refractivity contribution in [3.8, 4) is 0 Å². The van der Waals surface area contributed by atoms with Crippen LogP contribution in [0, 0.1) is 0 Å². The zero-order valence-electron chi connectivity index (χ0n) is 8.93. The maximum atomic E-state index is 11.0. The molecule has 1 rings (SSSR count). The van der Waals surface area contributed by atoms with Crippen LogP contribution in [0.2, 0.25) is 0 Å². The lowest BCUT2D eigenvalue weighted by atomic mass is 10.2. The highest BCUT2D eigenvalue weighted by atomic mass is 16.7. The molecule has 1 N–H and O–H groups in total. The lowest BCUT2D eigenvalue weighted by Crippen LogP contribution is -2.28. The summed E-state index contributed by atoms with van der Waals surface area (Å²) in [5.74, 6) is -0.996. The third-order valence-corrected chi connectivity index (χ3v) is 1.67. The normalized spacial score (nSPS) is 9.56. The zero-order valence-corrected chi connectivity index (χ0v) is 8.93. The SMILES string of the molecule is CC(=O)OCC(=O)NOCc1ccccc1. The van der Waals surface area contributed by atoms with Gasteiger partial charge in [-0.25, -0.2) is 5.48 Å². The van der Waals surface area contributed by atoms with Gasteiger partial charge in [-0.05, 0) is 5.56 Å². The van der Waals surface area contributed by atoms with E-state index in [-0.39, 0.29) is 13.2 Å². The van der Waals surface area contributed by atoms with Crippen LogP contribution in [0.25, 0.3) is 0 Å². The van der Waals surface area contributed by atoms with Crippen LogP contribution in [0.5, 0.6) is 0 Å². The van der Waals surface area contributed by atoms with Gasteiger partial charge in [0.15, 0.2) is 6.61 Å². The van der Waals surface area contributed by atoms with Gasteiger partial charge in [-0.3, -0.25) is 14.4 Å². The summed E-state index contributed by atoms with van der Waals surface area (Å²) in [5, 5.41) is 0. The molecule has 16 heavy (non-hydrogen) atoms. The van der Waals surface area contributed by atoms with Crippen molar-refractivity contribution >= 4 is 11.9 Å². The van der Waals surface area contributed by atoms with Gasteiger partial charge in [-0.1, -0.05) is 30.3 Å². The average molecular weight is 223 g/mol. The minimum Gasteiger partial charge on any atom is -0.456 e. The second-order valence-electron chi connectivity index (χ2n) is 3.08. The predicted octanol–water partition coefficient (Wildman–Crippen LogP) is 0.797. The molecule has 1 aromatic rings. The lowest BCUT2D eigenvalue weighted by Gasteiger charge is -2.05. The first kappa shape index (κ1) is 12.2. The van der Waals surface area contributed by atoms with Crippen molar-refractivity contribution in [2.45, 2.75) is 13.5 Å². The van der Waals surface area contributed by atoms with Crippen molar-refractivity contribution in [1.29, 1.82) is 0 Å². The quantitative estimate of drug-likeness (QED) is 0.592. The summed E-state index contributed by atoms with van der Waals surface area (Å²) < 4.78 is 4.48. The van der Waals surface area contributed by atoms with Crippen molar-refractivity contribution in [3.63, 3.8) is 0 Å². The van der Waals surface area contributed by atoms with Crippen molar-refractivity contribution < 1.29 is 19.2 Å². The van der Waals surface area contributed by atoms with Crippen molar-refractivity contribution in [3.05, 3.63) is 35.9 Å². The highest BCUT2D eigenvalue weighted by Crippen LogP contribution is 1.98. The van der Waals surface area contributed by atoms with Gasteiger partial charge in [0.2, 0.25) is 0 Å². The topological polar surface area (TPSA) is 64.6 Å². The predicted molar refractivity (Wildman–Crippen MR) is 56.0 cm³/mol. The van der Waals surface area contributed by atoms with E-state index in [4.69, 9.17) is 4.84 Å². The first-order chi connectivity index (χ1) is 7.68. The van der Waals surface area contributed by atoms with Crippen LogP contribution >= 0.6 is 0 Å². The second-order valence-corrected chi connectivity index (χ2v) is 3.08. The number of esters is 1. The summed E-state index contributed by atoms with van der Waals surface area (Å²) >= 11 is 0. The summed E-state index contributed by atoms with van der Waals surface area (Å²) in [6.45, 7) is 1.18. The Morgan fingerprint density at radius 1 is 1.25 bits per heavy atom. The van der Waals surface area contributed by atoms with Crippen molar-refractivity contribution in [2.75, 3.05) is 6.61 Å². The molecule has 0 aromatic heterocycles. The number of carbonyl (C=O) groups excluding carboxylic acids is 2. The first-order valence-electron chi connectivity index (χ1n) is 4.76. The molecule has 0 heterocycles. The van der Waals surface area contributed by atoms with Crippen LogP contribution < -0.4 is 5.48 Å². The van der Waals surface area contributed by atoms with Gasteiger partial charge >= 0.3 is 5.97 Å². The number of benzene rings is 1. The van der Waals surface area contributed by atoms with Crippen molar-refractivity contribution in [1.82, 2.24) is 5.48 Å². The molecule has 0 saturated carbocycles. The van der Waals surface area contributed by atoms with Crippen LogP contribution in [-0.2, 0) is 25.8 Å². The second kappa shape index (κ2) is 6.58. The highest BCUT2D eigenvalue weighted by molar-refractivity contribution is 5.78. The Kier molecular flexibility index (Phi) is 5.01. The van der Waals surface area contributed by atoms with Gasteiger partial charge in [0, 0.05) is 6.92 Å². The fraction of sp³-hybridized carbons (Fsp3) is 0.273. The summed E-state index contributed by atoms with van der Waals surface area (Å²) in [5.41, 5.74) is 3.11. The van der Waals surface area contributed by atoms with Crippen LogP contribution in [-0.4, -0.2) is 18.5 Å². The molecule has 0 bridgehead atoms. The number of hydrogen-bond donors (Lipinski definition) is 1. The molecule has 0 aliphatic heterocycles. The Bertz CT molecular complexity index is 350. The van der Waals surface area contributed by atoms with E-state index < -0.39 is 11.9 Å². The van der Waals surface area contributed by atoms with E-state index in [0.29, 0.717) is 0 Å². The maximum Gasteiger partial charge on any atom is 0.303 e. The number of nitrogens with one attached hydrogen (secondary N) is 1. The summed E-state index contributed by atoms with van der Waals surface area (Å²) in [4.78, 5) is 26.3. The molecule has 0 radical (unpaired) electrons. The fourth-order valence-electron chi connectivity index (χ4n) is 0.971. The molecule has 1 aromatic carbocycles. The third-order valence-electron chi connectivity index (χ3n) is 1.67. The Hall–Kier alpha value is -1.88. The molecule has 0 unspecified atom stereocenters. The molecule has 0 spiro atoms. The van der Waals surface area contributed by atoms with E-state index in [0.717, 1.165) is 5.56 Å². The van der Waals surface area contributed by atoms with E-state index in [9.17, 15) is 9.59 Å². The highest BCUT2D eigenvalue weighted by Gasteiger charge is 2.03. The van der Waals surface area contributed by atoms with E-state index in [1.807, 2.05) is 30.3 Å². The molecule has 0 fully saturated rings. The van der Waals surface area contributed by atoms with E-state index >= 15 is 0 Å². The summed E-state index contributed by atoms with van der Waals surface area (Å²) in [7, 11) is 0. The number of ether oxygens (including phenoxy) is 1. The molecule has 0 aliphatic rings. The molecular weight excluding hydrogens is 210 g/mol. The molecular formula is C11H13NO4. The molecule has 5 heteroatoms. The van der Waals surface area contributed by atoms with Gasteiger partial charge in [-0.15, -0.1) is 0 Å².